The number of halogens is 3. The summed E-state index contributed by atoms with van der Waals surface area (Å²) in [5, 5.41) is 14.7. The van der Waals surface area contributed by atoms with Crippen molar-refractivity contribution in [1.82, 2.24) is 9.62 Å². The molecule has 43 heavy (non-hydrogen) atoms. The second kappa shape index (κ2) is 11.9. The summed E-state index contributed by atoms with van der Waals surface area (Å²) >= 11 is 0. The quantitative estimate of drug-likeness (QED) is 0.281. The number of fused-ring (bicyclic) bond motifs is 2. The van der Waals surface area contributed by atoms with Crippen molar-refractivity contribution < 1.29 is 45.9 Å². The second-order valence-corrected chi connectivity index (χ2v) is 11.6. The highest BCUT2D eigenvalue weighted by Gasteiger charge is 2.41. The fourth-order valence-electron chi connectivity index (χ4n) is 4.89. The number of benzene rings is 2. The maximum atomic E-state index is 13.1. The normalized spacial score (nSPS) is 21.1. The zero-order valence-corrected chi connectivity index (χ0v) is 23.0. The summed E-state index contributed by atoms with van der Waals surface area (Å²) in [5.41, 5.74) is 7.14. The summed E-state index contributed by atoms with van der Waals surface area (Å²) in [7, 11) is -4.13. The van der Waals surface area contributed by atoms with Gasteiger partial charge in [-0.05, 0) is 36.2 Å². The summed E-state index contributed by atoms with van der Waals surface area (Å²) in [5.74, 6) is -4.94. The molecule has 5 rings (SSSR count). The molecule has 1 aliphatic heterocycles. The van der Waals surface area contributed by atoms with Crippen LogP contribution in [-0.4, -0.2) is 66.5 Å². The van der Waals surface area contributed by atoms with Crippen LogP contribution in [0.15, 0.2) is 71.7 Å². The Labute approximate surface area is 243 Å². The van der Waals surface area contributed by atoms with Crippen molar-refractivity contribution in [3.05, 3.63) is 89.0 Å². The van der Waals surface area contributed by atoms with Crippen LogP contribution in [0.5, 0.6) is 0 Å². The lowest BCUT2D eigenvalue weighted by Crippen LogP contribution is -2.41. The molecule has 3 aliphatic rings. The summed E-state index contributed by atoms with van der Waals surface area (Å²) in [6, 6.07) is 9.92. The lowest BCUT2D eigenvalue weighted by Gasteiger charge is -2.28. The fourth-order valence-corrected chi connectivity index (χ4v) is 6.14. The summed E-state index contributed by atoms with van der Waals surface area (Å²) < 4.78 is 60.5. The van der Waals surface area contributed by atoms with Crippen LogP contribution in [0, 0.1) is 17.2 Å². The standard InChI is InChI=1S/C26H24N4O5S.C2HF3O2/c27-25(28)16-5-3-4-15(12-16)14-30-11-10-22(26(30)33)29-36(34,35)17-8-9-20-21(13-17)24(32)19-7-2-1-6-18(19)23(20)31;3-2(4,5)1(6)7/h1-9,12-13,18-19,22,29H,10-11,14H2,(H3,27,28);(H,6,7)/t18?,19?,22-;/m0./s1. The number of sulfonamides is 1. The fraction of sp³-hybridized carbons (Fsp3) is 0.250. The van der Waals surface area contributed by atoms with Gasteiger partial charge in [0, 0.05) is 29.8 Å². The van der Waals surface area contributed by atoms with Gasteiger partial charge in [0.15, 0.2) is 11.6 Å². The number of nitrogens with two attached hydrogens (primary N) is 1. The second-order valence-electron chi connectivity index (χ2n) is 9.90. The van der Waals surface area contributed by atoms with Gasteiger partial charge >= 0.3 is 12.1 Å². The van der Waals surface area contributed by atoms with E-state index >= 15 is 0 Å². The minimum absolute atomic E-state index is 0.0769. The molecule has 3 atom stereocenters. The number of hydrogen-bond acceptors (Lipinski definition) is 7. The SMILES string of the molecule is N=C(N)c1cccc(CN2CC[C@H](NS(=O)(=O)c3ccc4c(c3)C(=O)C3C=CC=CC3C4=O)C2=O)c1.O=C(O)C(F)(F)F. The number of ketones is 2. The number of aliphatic carboxylic acids is 1. The first-order valence-electron chi connectivity index (χ1n) is 12.7. The van der Waals surface area contributed by atoms with Crippen LogP contribution in [0.2, 0.25) is 0 Å². The van der Waals surface area contributed by atoms with Gasteiger partial charge in [-0.1, -0.05) is 42.5 Å². The van der Waals surface area contributed by atoms with Gasteiger partial charge in [-0.3, -0.25) is 19.8 Å². The average molecular weight is 619 g/mol. The number of nitrogens with one attached hydrogen (secondary N) is 2. The number of Topliss-reactive ketones (excluding diaryl/α,β-unsaturated/α-hetero) is 2. The number of amidine groups is 1. The van der Waals surface area contributed by atoms with E-state index in [-0.39, 0.29) is 52.3 Å². The van der Waals surface area contributed by atoms with E-state index in [1.165, 1.54) is 18.2 Å². The van der Waals surface area contributed by atoms with Gasteiger partial charge < -0.3 is 15.7 Å². The largest absolute Gasteiger partial charge is 0.490 e. The van der Waals surface area contributed by atoms with E-state index in [0.717, 1.165) is 5.56 Å². The number of carbonyl (C=O) groups is 4. The summed E-state index contributed by atoms with van der Waals surface area (Å²) in [6.07, 6.45) is 1.97. The Hall–Kier alpha value is -4.63. The van der Waals surface area contributed by atoms with E-state index < -0.39 is 40.0 Å². The maximum Gasteiger partial charge on any atom is 0.490 e. The minimum atomic E-state index is -5.08. The van der Waals surface area contributed by atoms with Crippen molar-refractivity contribution in [3.8, 4) is 0 Å². The first-order valence-corrected chi connectivity index (χ1v) is 14.2. The van der Waals surface area contributed by atoms with E-state index in [0.29, 0.717) is 12.1 Å². The Morgan fingerprint density at radius 3 is 2.21 bits per heavy atom. The van der Waals surface area contributed by atoms with E-state index in [1.54, 1.807) is 47.4 Å². The Morgan fingerprint density at radius 2 is 1.63 bits per heavy atom. The third-order valence-electron chi connectivity index (χ3n) is 7.02. The van der Waals surface area contributed by atoms with Crippen molar-refractivity contribution in [3.63, 3.8) is 0 Å². The lowest BCUT2D eigenvalue weighted by atomic mass is 9.72. The number of allylic oxidation sites excluding steroid dienone is 4. The molecule has 0 spiro atoms. The average Bonchev–Trinajstić information content (AvgIpc) is 3.29. The predicted octanol–water partition coefficient (Wildman–Crippen LogP) is 2.42. The zero-order chi connectivity index (χ0) is 31.7. The number of alkyl halides is 3. The van der Waals surface area contributed by atoms with Crippen LogP contribution in [0.1, 0.15) is 38.3 Å². The van der Waals surface area contributed by atoms with E-state index in [2.05, 4.69) is 4.72 Å². The molecule has 11 nitrogen and oxygen atoms in total. The first kappa shape index (κ1) is 31.3. The molecule has 2 aromatic carbocycles. The van der Waals surface area contributed by atoms with Crippen molar-refractivity contribution in [2.24, 2.45) is 17.6 Å². The number of nitrogen functional groups attached to an aromatic ring is 1. The summed E-state index contributed by atoms with van der Waals surface area (Å²) in [4.78, 5) is 49.1. The highest BCUT2D eigenvalue weighted by Crippen LogP contribution is 2.35. The van der Waals surface area contributed by atoms with Gasteiger partial charge in [0.1, 0.15) is 11.9 Å². The number of rotatable bonds is 6. The third kappa shape index (κ3) is 6.73. The highest BCUT2D eigenvalue weighted by molar-refractivity contribution is 7.89. The smallest absolute Gasteiger partial charge is 0.475 e. The van der Waals surface area contributed by atoms with Crippen LogP contribution in [0.4, 0.5) is 13.2 Å². The van der Waals surface area contributed by atoms with Gasteiger partial charge in [-0.15, -0.1) is 0 Å². The van der Waals surface area contributed by atoms with E-state index in [9.17, 15) is 36.0 Å². The Bertz CT molecular complexity index is 1690. The molecule has 15 heteroatoms. The van der Waals surface area contributed by atoms with Crippen molar-refractivity contribution in [1.29, 1.82) is 5.41 Å². The van der Waals surface area contributed by atoms with Gasteiger partial charge in [0.25, 0.3) is 0 Å². The zero-order valence-electron chi connectivity index (χ0n) is 22.2. The molecule has 5 N–H and O–H groups in total. The highest BCUT2D eigenvalue weighted by atomic mass is 32.2. The number of hydrogen-bond donors (Lipinski definition) is 4. The predicted molar refractivity (Wildman–Crippen MR) is 146 cm³/mol. The number of carbonyl (C=O) groups excluding carboxylic acids is 3. The molecule has 226 valence electrons. The number of nitrogens with zero attached hydrogens (tertiary/aromatic N) is 1. The van der Waals surface area contributed by atoms with Gasteiger partial charge in [0.2, 0.25) is 15.9 Å². The molecule has 1 heterocycles. The van der Waals surface area contributed by atoms with Gasteiger partial charge in [0.05, 0.1) is 16.7 Å². The van der Waals surface area contributed by atoms with Gasteiger partial charge in [-0.2, -0.15) is 17.9 Å². The molecule has 1 amide bonds. The van der Waals surface area contributed by atoms with Crippen LogP contribution in [-0.2, 0) is 26.2 Å². The topological polar surface area (TPSA) is 188 Å². The molecule has 1 saturated heterocycles. The van der Waals surface area contributed by atoms with Crippen LogP contribution >= 0.6 is 0 Å². The molecule has 0 aromatic heterocycles. The Balaban J connectivity index is 0.000000541. The molecule has 2 aromatic rings. The number of carboxylic acid groups (broad SMARTS) is 1. The van der Waals surface area contributed by atoms with Crippen LogP contribution < -0.4 is 10.5 Å². The van der Waals surface area contributed by atoms with Crippen molar-refractivity contribution in [2.75, 3.05) is 6.54 Å². The molecule has 0 bridgehead atoms. The number of carboxylic acids is 1. The van der Waals surface area contributed by atoms with Crippen LogP contribution in [0.25, 0.3) is 0 Å². The van der Waals surface area contributed by atoms with Crippen molar-refractivity contribution in [2.45, 2.75) is 30.1 Å². The van der Waals surface area contributed by atoms with Crippen molar-refractivity contribution >= 4 is 39.3 Å². The van der Waals surface area contributed by atoms with Gasteiger partial charge in [-0.25, -0.2) is 13.2 Å². The Morgan fingerprint density at radius 1 is 1.02 bits per heavy atom. The van der Waals surface area contributed by atoms with Crippen LogP contribution in [0.3, 0.4) is 0 Å². The number of amides is 1. The number of likely N-dealkylation sites (tertiary alicyclic amines) is 1. The first-order chi connectivity index (χ1) is 20.1. The van der Waals surface area contributed by atoms with E-state index in [1.807, 2.05) is 6.07 Å². The minimum Gasteiger partial charge on any atom is -0.475 e. The molecular formula is C28H25F3N4O7S. The Kier molecular flexibility index (Phi) is 8.69. The molecule has 0 radical (unpaired) electrons. The molecule has 2 aliphatic carbocycles. The molecule has 1 fully saturated rings. The monoisotopic (exact) mass is 618 g/mol. The third-order valence-corrected chi connectivity index (χ3v) is 8.49. The molecule has 0 saturated carbocycles. The summed E-state index contributed by atoms with van der Waals surface area (Å²) in [6.45, 7) is 0.620. The van der Waals surface area contributed by atoms with E-state index in [4.69, 9.17) is 21.0 Å². The lowest BCUT2D eigenvalue weighted by molar-refractivity contribution is -0.192. The molecule has 2 unspecified atom stereocenters. The molecular weight excluding hydrogens is 593 g/mol. The maximum absolute atomic E-state index is 13.1.